The summed E-state index contributed by atoms with van der Waals surface area (Å²) in [5.74, 6) is -0.218. The van der Waals surface area contributed by atoms with Crippen LogP contribution in [0.3, 0.4) is 0 Å². The molecule has 1 aliphatic rings. The molecule has 2 amide bonds. The molecule has 1 saturated heterocycles. The molecular weight excluding hydrogens is 263 g/mol. The van der Waals surface area contributed by atoms with Gasteiger partial charge in [-0.2, -0.15) is 0 Å². The van der Waals surface area contributed by atoms with Crippen molar-refractivity contribution in [1.29, 1.82) is 0 Å². The highest BCUT2D eigenvalue weighted by atomic mass is 19.1. The third-order valence-electron chi connectivity index (χ3n) is 3.00. The fourth-order valence-corrected chi connectivity index (χ4v) is 1.96. The molecule has 1 heterocycles. The van der Waals surface area contributed by atoms with E-state index in [1.807, 2.05) is 0 Å². The van der Waals surface area contributed by atoms with E-state index in [4.69, 9.17) is 9.47 Å². The van der Waals surface area contributed by atoms with Gasteiger partial charge in [0.05, 0.1) is 12.6 Å². The molecule has 1 atom stereocenters. The lowest BCUT2D eigenvalue weighted by molar-refractivity contribution is 0.111. The van der Waals surface area contributed by atoms with Crippen molar-refractivity contribution < 1.29 is 18.7 Å². The summed E-state index contributed by atoms with van der Waals surface area (Å²) in [6.45, 7) is 1.81. The molecular formula is C14H19FN2O3. The Bertz CT molecular complexity index is 436. The second-order valence-electron chi connectivity index (χ2n) is 4.55. The second kappa shape index (κ2) is 7.69. The van der Waals surface area contributed by atoms with Gasteiger partial charge >= 0.3 is 6.03 Å². The maximum Gasteiger partial charge on any atom is 0.315 e. The summed E-state index contributed by atoms with van der Waals surface area (Å²) in [4.78, 5) is 11.5. The minimum Gasteiger partial charge on any atom is -0.489 e. The van der Waals surface area contributed by atoms with E-state index >= 15 is 0 Å². The molecule has 1 fully saturated rings. The van der Waals surface area contributed by atoms with Crippen LogP contribution in [-0.2, 0) is 4.74 Å². The predicted octanol–water partition coefficient (Wildman–Crippen LogP) is 1.68. The van der Waals surface area contributed by atoms with Crippen LogP contribution >= 0.6 is 0 Å². The zero-order chi connectivity index (χ0) is 14.2. The van der Waals surface area contributed by atoms with Gasteiger partial charge in [-0.1, -0.05) is 12.1 Å². The smallest absolute Gasteiger partial charge is 0.315 e. The van der Waals surface area contributed by atoms with Gasteiger partial charge in [0.1, 0.15) is 6.61 Å². The molecule has 0 spiro atoms. The van der Waals surface area contributed by atoms with Crippen LogP contribution in [0.15, 0.2) is 24.3 Å². The summed E-state index contributed by atoms with van der Waals surface area (Å²) in [5, 5.41) is 5.37. The number of hydrogen-bond acceptors (Lipinski definition) is 3. The van der Waals surface area contributed by atoms with E-state index < -0.39 is 5.82 Å². The molecule has 0 aromatic heterocycles. The number of carbonyl (C=O) groups is 1. The molecule has 2 N–H and O–H groups in total. The third-order valence-corrected chi connectivity index (χ3v) is 3.00. The fourth-order valence-electron chi connectivity index (χ4n) is 1.96. The monoisotopic (exact) mass is 282 g/mol. The lowest BCUT2D eigenvalue weighted by Gasteiger charge is -2.12. The number of hydrogen-bond donors (Lipinski definition) is 2. The van der Waals surface area contributed by atoms with Gasteiger partial charge < -0.3 is 20.1 Å². The average Bonchev–Trinajstić information content (AvgIpc) is 2.96. The molecule has 1 aliphatic heterocycles. The molecule has 1 unspecified atom stereocenters. The number of amides is 2. The Kier molecular flexibility index (Phi) is 5.61. The first-order valence-corrected chi connectivity index (χ1v) is 6.76. The Labute approximate surface area is 117 Å². The molecule has 0 aliphatic carbocycles. The zero-order valence-electron chi connectivity index (χ0n) is 11.2. The third kappa shape index (κ3) is 4.70. The normalized spacial score (nSPS) is 17.8. The van der Waals surface area contributed by atoms with Gasteiger partial charge in [-0.3, -0.25) is 0 Å². The largest absolute Gasteiger partial charge is 0.489 e. The van der Waals surface area contributed by atoms with Crippen LogP contribution in [0.2, 0.25) is 0 Å². The molecule has 0 saturated carbocycles. The van der Waals surface area contributed by atoms with Crippen molar-refractivity contribution >= 4 is 6.03 Å². The summed E-state index contributed by atoms with van der Waals surface area (Å²) in [6, 6.07) is 5.90. The summed E-state index contributed by atoms with van der Waals surface area (Å²) in [5.41, 5.74) is 0. The summed E-state index contributed by atoms with van der Waals surface area (Å²) in [6.07, 6.45) is 2.15. The van der Waals surface area contributed by atoms with E-state index in [1.165, 1.54) is 6.07 Å². The van der Waals surface area contributed by atoms with Crippen molar-refractivity contribution in [3.63, 3.8) is 0 Å². The van der Waals surface area contributed by atoms with Crippen molar-refractivity contribution in [3.8, 4) is 5.75 Å². The highest BCUT2D eigenvalue weighted by Gasteiger charge is 2.15. The standard InChI is InChI=1S/C14H19FN2O3/c15-12-5-1-2-6-13(12)20-9-7-16-14(18)17-10-11-4-3-8-19-11/h1-2,5-6,11H,3-4,7-10H2,(H2,16,17,18). The molecule has 2 rings (SSSR count). The number of benzene rings is 1. The first-order valence-electron chi connectivity index (χ1n) is 6.76. The van der Waals surface area contributed by atoms with E-state index in [-0.39, 0.29) is 24.5 Å². The van der Waals surface area contributed by atoms with Crippen LogP contribution in [0, 0.1) is 5.82 Å². The summed E-state index contributed by atoms with van der Waals surface area (Å²) in [7, 11) is 0. The Hall–Kier alpha value is -1.82. The quantitative estimate of drug-likeness (QED) is 0.780. The lowest BCUT2D eigenvalue weighted by Crippen LogP contribution is -2.41. The number of ether oxygens (including phenoxy) is 2. The Balaban J connectivity index is 1.56. The van der Waals surface area contributed by atoms with Gasteiger partial charge in [0.25, 0.3) is 0 Å². The maximum atomic E-state index is 13.2. The number of halogens is 1. The highest BCUT2D eigenvalue weighted by Crippen LogP contribution is 2.14. The Morgan fingerprint density at radius 3 is 3.00 bits per heavy atom. The fraction of sp³-hybridized carbons (Fsp3) is 0.500. The highest BCUT2D eigenvalue weighted by molar-refractivity contribution is 5.73. The van der Waals surface area contributed by atoms with Crippen LogP contribution in [-0.4, -0.2) is 38.4 Å². The van der Waals surface area contributed by atoms with Crippen LogP contribution in [0.1, 0.15) is 12.8 Å². The van der Waals surface area contributed by atoms with E-state index in [2.05, 4.69) is 10.6 Å². The van der Waals surface area contributed by atoms with E-state index in [0.29, 0.717) is 13.1 Å². The van der Waals surface area contributed by atoms with E-state index in [0.717, 1.165) is 19.4 Å². The maximum absolute atomic E-state index is 13.2. The Morgan fingerprint density at radius 1 is 1.40 bits per heavy atom. The molecule has 5 nitrogen and oxygen atoms in total. The lowest BCUT2D eigenvalue weighted by atomic mass is 10.2. The van der Waals surface area contributed by atoms with Gasteiger partial charge in [-0.25, -0.2) is 9.18 Å². The number of urea groups is 1. The van der Waals surface area contributed by atoms with E-state index in [1.54, 1.807) is 18.2 Å². The van der Waals surface area contributed by atoms with Gasteiger partial charge in [-0.05, 0) is 25.0 Å². The first-order chi connectivity index (χ1) is 9.75. The average molecular weight is 282 g/mol. The van der Waals surface area contributed by atoms with Gasteiger partial charge in [0.2, 0.25) is 0 Å². The molecule has 0 radical (unpaired) electrons. The van der Waals surface area contributed by atoms with Crippen LogP contribution in [0.4, 0.5) is 9.18 Å². The Morgan fingerprint density at radius 2 is 2.25 bits per heavy atom. The predicted molar refractivity (Wildman–Crippen MR) is 72.3 cm³/mol. The summed E-state index contributed by atoms with van der Waals surface area (Å²) >= 11 is 0. The zero-order valence-corrected chi connectivity index (χ0v) is 11.2. The van der Waals surface area contributed by atoms with Crippen LogP contribution in [0.5, 0.6) is 5.75 Å². The minimum atomic E-state index is -0.407. The number of rotatable bonds is 6. The van der Waals surface area contributed by atoms with Gasteiger partial charge in [-0.15, -0.1) is 0 Å². The molecule has 1 aromatic carbocycles. The van der Waals surface area contributed by atoms with Gasteiger partial charge in [0.15, 0.2) is 11.6 Å². The molecule has 20 heavy (non-hydrogen) atoms. The van der Waals surface area contributed by atoms with Crippen molar-refractivity contribution in [2.45, 2.75) is 18.9 Å². The molecule has 1 aromatic rings. The second-order valence-corrected chi connectivity index (χ2v) is 4.55. The number of para-hydroxylation sites is 1. The topological polar surface area (TPSA) is 59.6 Å². The minimum absolute atomic E-state index is 0.121. The first kappa shape index (κ1) is 14.6. The molecule has 6 heteroatoms. The van der Waals surface area contributed by atoms with E-state index in [9.17, 15) is 9.18 Å². The summed E-state index contributed by atoms with van der Waals surface area (Å²) < 4.78 is 23.8. The van der Waals surface area contributed by atoms with Crippen molar-refractivity contribution in [2.24, 2.45) is 0 Å². The van der Waals surface area contributed by atoms with Crippen LogP contribution < -0.4 is 15.4 Å². The molecule has 0 bridgehead atoms. The van der Waals surface area contributed by atoms with Crippen molar-refractivity contribution in [2.75, 3.05) is 26.3 Å². The number of carbonyl (C=O) groups excluding carboxylic acids is 1. The van der Waals surface area contributed by atoms with Gasteiger partial charge in [0, 0.05) is 13.2 Å². The van der Waals surface area contributed by atoms with Crippen molar-refractivity contribution in [3.05, 3.63) is 30.1 Å². The van der Waals surface area contributed by atoms with Crippen molar-refractivity contribution in [1.82, 2.24) is 10.6 Å². The SMILES string of the molecule is O=C(NCCOc1ccccc1F)NCC1CCCO1. The van der Waals surface area contributed by atoms with Crippen LogP contribution in [0.25, 0.3) is 0 Å². The number of nitrogens with one attached hydrogen (secondary N) is 2. The molecule has 110 valence electrons.